The maximum absolute atomic E-state index is 17.4. The van der Waals surface area contributed by atoms with Crippen molar-refractivity contribution in [2.24, 2.45) is 0 Å². The zero-order valence-corrected chi connectivity index (χ0v) is 26.8. The van der Waals surface area contributed by atoms with Crippen LogP contribution in [-0.2, 0) is 4.79 Å². The van der Waals surface area contributed by atoms with Gasteiger partial charge in [-0.25, -0.2) is 4.39 Å². The molecular weight excluding hydrogens is 595 g/mol. The van der Waals surface area contributed by atoms with Gasteiger partial charge in [-0.3, -0.25) is 15.2 Å². The topological polar surface area (TPSA) is 146 Å². The fraction of sp³-hybridized carbons (Fsp3) is 0.333. The highest BCUT2D eigenvalue weighted by Gasteiger charge is 2.42. The number of aromatic nitrogens is 1. The minimum atomic E-state index is -0.969. The van der Waals surface area contributed by atoms with Crippen LogP contribution in [0.15, 0.2) is 37.1 Å². The van der Waals surface area contributed by atoms with Crippen molar-refractivity contribution in [1.82, 2.24) is 14.8 Å². The molecule has 2 aromatic carbocycles. The van der Waals surface area contributed by atoms with Gasteiger partial charge in [0.15, 0.2) is 5.82 Å². The van der Waals surface area contributed by atoms with Crippen LogP contribution in [0.3, 0.4) is 0 Å². The lowest BCUT2D eigenvalue weighted by molar-refractivity contribution is -0.129. The Morgan fingerprint density at radius 1 is 1.20 bits per heavy atom. The maximum Gasteiger partial charge on any atom is 0.246 e. The third-order valence-corrected chi connectivity index (χ3v) is 9.07. The largest absolute Gasteiger partial charge is 0.398 e. The van der Waals surface area contributed by atoms with Gasteiger partial charge in [0, 0.05) is 61.9 Å². The maximum atomic E-state index is 17.4. The summed E-state index contributed by atoms with van der Waals surface area (Å²) in [6.45, 7) is 11.8. The fourth-order valence-corrected chi connectivity index (χ4v) is 7.01. The van der Waals surface area contributed by atoms with E-state index >= 15 is 4.39 Å². The number of amidine groups is 1. The van der Waals surface area contributed by atoms with E-state index in [1.807, 2.05) is 30.7 Å². The Kier molecular flexibility index (Phi) is 8.61. The monoisotopic (exact) mass is 632 g/mol. The quantitative estimate of drug-likeness (QED) is 0.139. The van der Waals surface area contributed by atoms with Crippen molar-refractivity contribution in [2.75, 3.05) is 42.6 Å². The molecule has 3 aromatic rings. The normalized spacial score (nSPS) is 18.6. The predicted octanol–water partition coefficient (Wildman–Crippen LogP) is 5.40. The van der Waals surface area contributed by atoms with Crippen LogP contribution in [0, 0.1) is 30.5 Å². The first-order valence-corrected chi connectivity index (χ1v) is 15.0. The van der Waals surface area contributed by atoms with E-state index in [4.69, 9.17) is 22.7 Å². The molecule has 0 radical (unpaired) electrons. The molecule has 2 aliphatic rings. The molecule has 12 heteroatoms. The van der Waals surface area contributed by atoms with E-state index in [-0.39, 0.29) is 45.7 Å². The molecule has 10 nitrogen and oxygen atoms in total. The third-order valence-electron chi connectivity index (χ3n) is 8.70. The van der Waals surface area contributed by atoms with Gasteiger partial charge in [-0.1, -0.05) is 24.2 Å². The lowest BCUT2D eigenvalue weighted by Crippen LogP contribution is -2.62. The summed E-state index contributed by atoms with van der Waals surface area (Å²) in [6, 6.07) is 4.59. The van der Waals surface area contributed by atoms with Crippen LogP contribution in [0.5, 0.6) is 0 Å². The van der Waals surface area contributed by atoms with Gasteiger partial charge in [0.1, 0.15) is 5.84 Å². The first kappa shape index (κ1) is 31.9. The van der Waals surface area contributed by atoms with Gasteiger partial charge in [-0.15, -0.1) is 0 Å². The molecule has 5 rings (SSSR count). The van der Waals surface area contributed by atoms with Crippen LogP contribution in [0.2, 0.25) is 5.02 Å². The van der Waals surface area contributed by atoms with Crippen LogP contribution in [0.25, 0.3) is 11.1 Å². The zero-order chi connectivity index (χ0) is 32.9. The van der Waals surface area contributed by atoms with E-state index in [1.54, 1.807) is 43.1 Å². The standard InChI is InChI=1S/C33H38ClFN8O2/c1-7-23(45)42-13-18(4)43-20(15-42)14-41(6)32-26(33(43)38)31(40-29-17(3)10-11-39-30(29)19(5)44)28(35)25(27(32)34)24-16(2)8-9-22(37)21(24)12-36/h7-12,18-20,36,38,40,44H,1,13-15,37H2,2-6H3. The second-order valence-electron chi connectivity index (χ2n) is 11.8. The van der Waals surface area contributed by atoms with Gasteiger partial charge < -0.3 is 36.3 Å². The molecule has 45 heavy (non-hydrogen) atoms. The van der Waals surface area contributed by atoms with Crippen molar-refractivity contribution in [3.8, 4) is 11.1 Å². The smallest absolute Gasteiger partial charge is 0.246 e. The number of benzene rings is 2. The van der Waals surface area contributed by atoms with Crippen LogP contribution < -0.4 is 16.0 Å². The van der Waals surface area contributed by atoms with E-state index in [2.05, 4.69) is 16.9 Å². The van der Waals surface area contributed by atoms with Gasteiger partial charge in [0.25, 0.3) is 0 Å². The summed E-state index contributed by atoms with van der Waals surface area (Å²) in [5.74, 6) is -0.885. The number of aliphatic hydroxyl groups excluding tert-OH is 1. The van der Waals surface area contributed by atoms with Crippen molar-refractivity contribution >= 4 is 52.3 Å². The molecule has 6 N–H and O–H groups in total. The molecule has 0 bridgehead atoms. The number of rotatable bonds is 6. The molecule has 2 aliphatic heterocycles. The summed E-state index contributed by atoms with van der Waals surface area (Å²) < 4.78 is 17.4. The first-order valence-electron chi connectivity index (χ1n) is 14.7. The lowest BCUT2D eigenvalue weighted by Gasteiger charge is -2.46. The molecule has 3 atom stereocenters. The number of hydrogen-bond donors (Lipinski definition) is 5. The summed E-state index contributed by atoms with van der Waals surface area (Å²) in [7, 11) is 1.83. The average Bonchev–Trinajstić information content (AvgIpc) is 3.10. The molecule has 3 unspecified atom stereocenters. The summed E-state index contributed by atoms with van der Waals surface area (Å²) in [4.78, 5) is 22.5. The van der Waals surface area contributed by atoms with Crippen LogP contribution >= 0.6 is 11.6 Å². The van der Waals surface area contributed by atoms with Crippen molar-refractivity contribution in [3.05, 3.63) is 75.8 Å². The number of nitrogens with two attached hydrogens (primary N) is 1. The number of anilines is 4. The number of halogens is 2. The van der Waals surface area contributed by atoms with Gasteiger partial charge >= 0.3 is 0 Å². The Balaban J connectivity index is 1.85. The second kappa shape index (κ2) is 12.1. The molecular formula is C33H38ClFN8O2. The molecule has 1 fully saturated rings. The average molecular weight is 633 g/mol. The Morgan fingerprint density at radius 3 is 2.56 bits per heavy atom. The van der Waals surface area contributed by atoms with Crippen molar-refractivity contribution in [3.63, 3.8) is 0 Å². The van der Waals surface area contributed by atoms with Gasteiger partial charge in [-0.05, 0) is 62.6 Å². The van der Waals surface area contributed by atoms with E-state index in [0.717, 1.165) is 6.21 Å². The molecule has 3 heterocycles. The number of hydrogen-bond acceptors (Lipinski definition) is 8. The number of fused-ring (bicyclic) bond motifs is 2. The molecule has 1 amide bonds. The Hall–Kier alpha value is -4.48. The number of likely N-dealkylation sites (N-methyl/N-ethyl adjacent to an activating group) is 1. The predicted molar refractivity (Wildman–Crippen MR) is 179 cm³/mol. The SMILES string of the molecule is C=CC(=O)N1CC(C)N2C(=N)c3c(Nc4c(C)ccnc4C(C)O)c(F)c(-c4c(C)ccc(N)c4C=N)c(Cl)c3N(C)CC2C1. The fourth-order valence-electron chi connectivity index (χ4n) is 6.60. The van der Waals surface area contributed by atoms with E-state index in [9.17, 15) is 15.3 Å². The Bertz CT molecular complexity index is 1740. The third kappa shape index (κ3) is 5.29. The number of nitrogens with zero attached hydrogens (tertiary/aromatic N) is 4. The Morgan fingerprint density at radius 2 is 1.91 bits per heavy atom. The number of pyridine rings is 1. The van der Waals surface area contributed by atoms with E-state index < -0.39 is 11.9 Å². The highest BCUT2D eigenvalue weighted by Crippen LogP contribution is 2.50. The number of aryl methyl sites for hydroxylation is 2. The number of piperazine rings is 1. The van der Waals surface area contributed by atoms with Crippen LogP contribution in [-0.4, -0.2) is 76.6 Å². The summed E-state index contributed by atoms with van der Waals surface area (Å²) in [5.41, 5.74) is 10.0. The van der Waals surface area contributed by atoms with E-state index in [0.29, 0.717) is 64.6 Å². The molecule has 0 spiro atoms. The van der Waals surface area contributed by atoms with Crippen molar-refractivity contribution in [1.29, 1.82) is 10.8 Å². The second-order valence-corrected chi connectivity index (χ2v) is 12.2. The van der Waals surface area contributed by atoms with Crippen molar-refractivity contribution < 1.29 is 14.3 Å². The van der Waals surface area contributed by atoms with Crippen LogP contribution in [0.4, 0.5) is 27.1 Å². The summed E-state index contributed by atoms with van der Waals surface area (Å²) >= 11 is 7.21. The van der Waals surface area contributed by atoms with Crippen LogP contribution in [0.1, 0.15) is 47.9 Å². The summed E-state index contributed by atoms with van der Waals surface area (Å²) in [6.07, 6.45) is 2.98. The van der Waals surface area contributed by atoms with Gasteiger partial charge in [-0.2, -0.15) is 0 Å². The number of aliphatic hydroxyl groups is 1. The lowest BCUT2D eigenvalue weighted by atomic mass is 9.90. The van der Waals surface area contributed by atoms with Gasteiger partial charge in [0.2, 0.25) is 5.91 Å². The zero-order valence-electron chi connectivity index (χ0n) is 26.0. The highest BCUT2D eigenvalue weighted by atomic mass is 35.5. The Labute approximate surface area is 267 Å². The van der Waals surface area contributed by atoms with E-state index in [1.165, 1.54) is 6.08 Å². The number of nitrogen functional groups attached to an aromatic ring is 1. The number of nitrogens with one attached hydrogen (secondary N) is 3. The summed E-state index contributed by atoms with van der Waals surface area (Å²) in [5, 5.41) is 31.6. The van der Waals surface area contributed by atoms with Gasteiger partial charge in [0.05, 0.1) is 45.5 Å². The molecule has 1 aromatic heterocycles. The number of carbonyl (C=O) groups is 1. The molecule has 236 valence electrons. The highest BCUT2D eigenvalue weighted by molar-refractivity contribution is 6.38. The minimum Gasteiger partial charge on any atom is -0.398 e. The molecule has 1 saturated heterocycles. The first-order chi connectivity index (χ1) is 21.3. The molecule has 0 saturated carbocycles. The number of amides is 1. The number of carbonyl (C=O) groups excluding carboxylic acids is 1. The minimum absolute atomic E-state index is 0.0190. The molecule has 0 aliphatic carbocycles. The van der Waals surface area contributed by atoms with Crippen molar-refractivity contribution in [2.45, 2.75) is 45.9 Å².